The van der Waals surface area contributed by atoms with E-state index in [-0.39, 0.29) is 11.8 Å². The fourth-order valence-electron chi connectivity index (χ4n) is 3.10. The Morgan fingerprint density at radius 1 is 1.19 bits per heavy atom. The highest BCUT2D eigenvalue weighted by Crippen LogP contribution is 2.19. The minimum atomic E-state index is -0.427. The van der Waals surface area contributed by atoms with E-state index in [9.17, 15) is 14.4 Å². The Labute approximate surface area is 157 Å². The third-order valence-electron chi connectivity index (χ3n) is 4.54. The third kappa shape index (κ3) is 4.97. The lowest BCUT2D eigenvalue weighted by Crippen LogP contribution is -2.41. The normalized spacial score (nSPS) is 14.6. The second-order valence-electron chi connectivity index (χ2n) is 6.54. The minimum Gasteiger partial charge on any atom is -0.459 e. The van der Waals surface area contributed by atoms with E-state index >= 15 is 0 Å². The van der Waals surface area contributed by atoms with Crippen LogP contribution in [0, 0.1) is 5.92 Å². The molecule has 7 heteroatoms. The Balaban J connectivity index is 1.46. The Morgan fingerprint density at radius 3 is 2.63 bits per heavy atom. The van der Waals surface area contributed by atoms with E-state index in [1.807, 2.05) is 0 Å². The van der Waals surface area contributed by atoms with E-state index in [2.05, 4.69) is 5.32 Å². The average Bonchev–Trinajstić information content (AvgIpc) is 3.20. The molecule has 7 nitrogen and oxygen atoms in total. The molecule has 1 aliphatic rings. The lowest BCUT2D eigenvalue weighted by molar-refractivity contribution is -0.131. The molecular formula is C20H22N2O5. The molecule has 2 heterocycles. The van der Waals surface area contributed by atoms with Crippen LogP contribution >= 0.6 is 0 Å². The molecule has 1 aromatic heterocycles. The van der Waals surface area contributed by atoms with Gasteiger partial charge in [0.25, 0.3) is 11.8 Å². The number of amides is 2. The topological polar surface area (TPSA) is 88.9 Å². The van der Waals surface area contributed by atoms with Crippen LogP contribution in [0.15, 0.2) is 47.1 Å². The second-order valence-corrected chi connectivity index (χ2v) is 6.54. The maximum Gasteiger partial charge on any atom is 0.308 e. The van der Waals surface area contributed by atoms with E-state index in [1.165, 1.54) is 13.2 Å². The summed E-state index contributed by atoms with van der Waals surface area (Å²) < 4.78 is 10.2. The smallest absolute Gasteiger partial charge is 0.308 e. The number of carbonyl (C=O) groups excluding carboxylic acids is 3. The maximum absolute atomic E-state index is 12.3. The number of furan rings is 1. The SMILES string of the molecule is CC(=O)Oc1cccc(C(=O)NCC2CCN(C(=O)c3ccco3)CC2)c1. The van der Waals surface area contributed by atoms with E-state index < -0.39 is 5.97 Å². The molecule has 0 saturated carbocycles. The summed E-state index contributed by atoms with van der Waals surface area (Å²) in [5.74, 6) is 0.284. The zero-order chi connectivity index (χ0) is 19.2. The summed E-state index contributed by atoms with van der Waals surface area (Å²) in [6.07, 6.45) is 3.13. The highest BCUT2D eigenvalue weighted by Gasteiger charge is 2.25. The van der Waals surface area contributed by atoms with Crippen LogP contribution in [-0.4, -0.2) is 42.3 Å². The third-order valence-corrected chi connectivity index (χ3v) is 4.54. The van der Waals surface area contributed by atoms with E-state index in [0.29, 0.717) is 42.6 Å². The van der Waals surface area contributed by atoms with Gasteiger partial charge in [-0.1, -0.05) is 6.07 Å². The van der Waals surface area contributed by atoms with Crippen LogP contribution in [0.25, 0.3) is 0 Å². The summed E-state index contributed by atoms with van der Waals surface area (Å²) in [5, 5.41) is 2.92. The van der Waals surface area contributed by atoms with Crippen molar-refractivity contribution in [2.45, 2.75) is 19.8 Å². The molecule has 142 valence electrons. The van der Waals surface area contributed by atoms with Crippen molar-refractivity contribution in [2.75, 3.05) is 19.6 Å². The lowest BCUT2D eigenvalue weighted by Gasteiger charge is -2.31. The van der Waals surface area contributed by atoms with E-state index in [1.54, 1.807) is 41.3 Å². The summed E-state index contributed by atoms with van der Waals surface area (Å²) in [7, 11) is 0. The van der Waals surface area contributed by atoms with E-state index in [4.69, 9.17) is 9.15 Å². The highest BCUT2D eigenvalue weighted by molar-refractivity contribution is 5.94. The molecule has 0 bridgehead atoms. The van der Waals surface area contributed by atoms with Crippen molar-refractivity contribution in [2.24, 2.45) is 5.92 Å². The summed E-state index contributed by atoms with van der Waals surface area (Å²) >= 11 is 0. The van der Waals surface area contributed by atoms with Gasteiger partial charge in [0.2, 0.25) is 0 Å². The van der Waals surface area contributed by atoms with Gasteiger partial charge in [0.05, 0.1) is 6.26 Å². The molecule has 1 saturated heterocycles. The van der Waals surface area contributed by atoms with Crippen molar-refractivity contribution in [3.05, 3.63) is 54.0 Å². The standard InChI is InChI=1S/C20H22N2O5/c1-14(23)27-17-5-2-4-16(12-17)19(24)21-13-15-7-9-22(10-8-15)20(25)18-6-3-11-26-18/h2-6,11-12,15H,7-10,13H2,1H3,(H,21,24). The Morgan fingerprint density at radius 2 is 1.96 bits per heavy atom. The number of ether oxygens (including phenoxy) is 1. The zero-order valence-corrected chi connectivity index (χ0v) is 15.1. The van der Waals surface area contributed by atoms with Gasteiger partial charge >= 0.3 is 5.97 Å². The number of nitrogens with one attached hydrogen (secondary N) is 1. The van der Waals surface area contributed by atoms with Gasteiger partial charge in [-0.05, 0) is 49.1 Å². The number of hydrogen-bond donors (Lipinski definition) is 1. The first kappa shape index (κ1) is 18.7. The van der Waals surface area contributed by atoms with Crippen molar-refractivity contribution >= 4 is 17.8 Å². The highest BCUT2D eigenvalue weighted by atomic mass is 16.5. The van der Waals surface area contributed by atoms with Crippen LogP contribution in [0.3, 0.4) is 0 Å². The Hall–Kier alpha value is -3.09. The van der Waals surface area contributed by atoms with Gasteiger partial charge < -0.3 is 19.4 Å². The van der Waals surface area contributed by atoms with Crippen molar-refractivity contribution in [3.8, 4) is 5.75 Å². The molecular weight excluding hydrogens is 348 g/mol. The molecule has 2 aromatic rings. The van der Waals surface area contributed by atoms with Crippen molar-refractivity contribution in [3.63, 3.8) is 0 Å². The molecule has 3 rings (SSSR count). The quantitative estimate of drug-likeness (QED) is 0.645. The van der Waals surface area contributed by atoms with Crippen LogP contribution in [0.4, 0.5) is 0 Å². The number of hydrogen-bond acceptors (Lipinski definition) is 5. The maximum atomic E-state index is 12.3. The Bertz CT molecular complexity index is 808. The van der Waals surface area contributed by atoms with Gasteiger partial charge in [-0.3, -0.25) is 14.4 Å². The average molecular weight is 370 g/mol. The molecule has 1 aromatic carbocycles. The molecule has 0 aliphatic carbocycles. The van der Waals surface area contributed by atoms with Gasteiger partial charge in [-0.2, -0.15) is 0 Å². The number of esters is 1. The first-order chi connectivity index (χ1) is 13.0. The van der Waals surface area contributed by atoms with Crippen LogP contribution in [0.1, 0.15) is 40.7 Å². The molecule has 0 radical (unpaired) electrons. The molecule has 1 fully saturated rings. The monoisotopic (exact) mass is 370 g/mol. The van der Waals surface area contributed by atoms with E-state index in [0.717, 1.165) is 12.8 Å². The predicted octanol–water partition coefficient (Wildman–Crippen LogP) is 2.49. The van der Waals surface area contributed by atoms with Crippen LogP contribution in [0.2, 0.25) is 0 Å². The van der Waals surface area contributed by atoms with Gasteiger partial charge in [-0.15, -0.1) is 0 Å². The van der Waals surface area contributed by atoms with Crippen LogP contribution in [-0.2, 0) is 4.79 Å². The predicted molar refractivity (Wildman–Crippen MR) is 97.4 cm³/mol. The number of benzene rings is 1. The molecule has 0 unspecified atom stereocenters. The van der Waals surface area contributed by atoms with Crippen LogP contribution < -0.4 is 10.1 Å². The summed E-state index contributed by atoms with van der Waals surface area (Å²) in [4.78, 5) is 37.4. The summed E-state index contributed by atoms with van der Waals surface area (Å²) in [6.45, 7) is 3.14. The largest absolute Gasteiger partial charge is 0.459 e. The van der Waals surface area contributed by atoms with Crippen molar-refractivity contribution in [1.82, 2.24) is 10.2 Å². The first-order valence-electron chi connectivity index (χ1n) is 8.92. The Kier molecular flexibility index (Phi) is 5.90. The minimum absolute atomic E-state index is 0.0928. The lowest BCUT2D eigenvalue weighted by atomic mass is 9.96. The number of carbonyl (C=O) groups is 3. The summed E-state index contributed by atoms with van der Waals surface area (Å²) in [5.41, 5.74) is 0.444. The van der Waals surface area contributed by atoms with Gasteiger partial charge in [0, 0.05) is 32.1 Å². The molecule has 1 N–H and O–H groups in total. The second kappa shape index (κ2) is 8.53. The fraction of sp³-hybridized carbons (Fsp3) is 0.350. The number of nitrogens with zero attached hydrogens (tertiary/aromatic N) is 1. The van der Waals surface area contributed by atoms with Gasteiger partial charge in [0.1, 0.15) is 5.75 Å². The number of likely N-dealkylation sites (tertiary alicyclic amines) is 1. The first-order valence-corrected chi connectivity index (χ1v) is 8.92. The van der Waals surface area contributed by atoms with Gasteiger partial charge in [-0.25, -0.2) is 0 Å². The molecule has 27 heavy (non-hydrogen) atoms. The molecule has 2 amide bonds. The number of rotatable bonds is 5. The zero-order valence-electron chi connectivity index (χ0n) is 15.1. The van der Waals surface area contributed by atoms with Gasteiger partial charge in [0.15, 0.2) is 5.76 Å². The fourth-order valence-corrected chi connectivity index (χ4v) is 3.10. The van der Waals surface area contributed by atoms with Crippen molar-refractivity contribution in [1.29, 1.82) is 0 Å². The van der Waals surface area contributed by atoms with Crippen LogP contribution in [0.5, 0.6) is 5.75 Å². The summed E-state index contributed by atoms with van der Waals surface area (Å²) in [6, 6.07) is 9.88. The molecule has 0 atom stereocenters. The number of piperidine rings is 1. The van der Waals surface area contributed by atoms with Crippen molar-refractivity contribution < 1.29 is 23.5 Å². The molecule has 0 spiro atoms. The molecule has 1 aliphatic heterocycles.